The highest BCUT2D eigenvalue weighted by Gasteiger charge is 2.25. The van der Waals surface area contributed by atoms with Crippen molar-refractivity contribution in [2.24, 2.45) is 5.92 Å². The lowest BCUT2D eigenvalue weighted by Gasteiger charge is -2.20. The molecule has 0 aromatic heterocycles. The molecule has 1 aromatic carbocycles. The predicted molar refractivity (Wildman–Crippen MR) is 74.9 cm³/mol. The number of hydrogen-bond donors (Lipinski definition) is 1. The smallest absolute Gasteiger partial charge is 0.273 e. The van der Waals surface area contributed by atoms with Crippen LogP contribution in [0.15, 0.2) is 12.1 Å². The Morgan fingerprint density at radius 1 is 1.58 bits per heavy atom. The van der Waals surface area contributed by atoms with Crippen molar-refractivity contribution in [2.75, 3.05) is 24.6 Å². The molecule has 1 heterocycles. The van der Waals surface area contributed by atoms with E-state index in [0.29, 0.717) is 16.5 Å². The van der Waals surface area contributed by atoms with Gasteiger partial charge in [-0.15, -0.1) is 0 Å². The van der Waals surface area contributed by atoms with Crippen LogP contribution in [-0.4, -0.2) is 29.7 Å². The van der Waals surface area contributed by atoms with Crippen LogP contribution in [0.2, 0.25) is 5.02 Å². The van der Waals surface area contributed by atoms with Gasteiger partial charge >= 0.3 is 0 Å². The molecular formula is C13H17ClN2O3. The third-order valence-electron chi connectivity index (χ3n) is 3.63. The van der Waals surface area contributed by atoms with E-state index in [1.165, 1.54) is 6.07 Å². The normalized spacial score (nSPS) is 18.9. The van der Waals surface area contributed by atoms with Gasteiger partial charge in [0.1, 0.15) is 0 Å². The largest absolute Gasteiger partial charge is 0.396 e. The molecule has 0 bridgehead atoms. The molecule has 0 spiro atoms. The summed E-state index contributed by atoms with van der Waals surface area (Å²) in [7, 11) is 0. The van der Waals surface area contributed by atoms with Crippen molar-refractivity contribution < 1.29 is 10.0 Å². The number of nitro benzene ring substituents is 1. The second kappa shape index (κ2) is 5.75. The molecule has 0 aliphatic carbocycles. The van der Waals surface area contributed by atoms with Gasteiger partial charge in [0.2, 0.25) is 0 Å². The highest BCUT2D eigenvalue weighted by atomic mass is 35.5. The quantitative estimate of drug-likeness (QED) is 0.682. The molecule has 1 saturated heterocycles. The van der Waals surface area contributed by atoms with Crippen molar-refractivity contribution >= 4 is 23.0 Å². The fraction of sp³-hybridized carbons (Fsp3) is 0.538. The molecule has 1 aromatic rings. The molecule has 1 aliphatic rings. The first-order valence-electron chi connectivity index (χ1n) is 6.33. The van der Waals surface area contributed by atoms with Crippen LogP contribution in [0.3, 0.4) is 0 Å². The molecule has 19 heavy (non-hydrogen) atoms. The second-order valence-electron chi connectivity index (χ2n) is 4.96. The van der Waals surface area contributed by atoms with Gasteiger partial charge in [0, 0.05) is 31.3 Å². The Kier molecular flexibility index (Phi) is 4.27. The number of halogens is 1. The lowest BCUT2D eigenvalue weighted by molar-refractivity contribution is -0.385. The summed E-state index contributed by atoms with van der Waals surface area (Å²) in [4.78, 5) is 12.6. The molecule has 2 rings (SSSR count). The fourth-order valence-corrected chi connectivity index (χ4v) is 2.84. The van der Waals surface area contributed by atoms with E-state index in [0.717, 1.165) is 31.6 Å². The zero-order valence-corrected chi connectivity index (χ0v) is 11.6. The number of benzene rings is 1. The van der Waals surface area contributed by atoms with Crippen LogP contribution >= 0.6 is 11.6 Å². The standard InChI is InChI=1S/C13H17ClN2O3/c1-9-6-13(11(14)7-12(9)16(18)19)15-4-2-10(8-15)3-5-17/h6-7,10,17H,2-5,8H2,1H3. The maximum Gasteiger partial charge on any atom is 0.273 e. The van der Waals surface area contributed by atoms with Gasteiger partial charge in [0.05, 0.1) is 15.6 Å². The number of rotatable bonds is 4. The van der Waals surface area contributed by atoms with Crippen molar-refractivity contribution in [3.8, 4) is 0 Å². The second-order valence-corrected chi connectivity index (χ2v) is 5.37. The monoisotopic (exact) mass is 284 g/mol. The van der Waals surface area contributed by atoms with Crippen molar-refractivity contribution in [3.63, 3.8) is 0 Å². The molecule has 5 nitrogen and oxygen atoms in total. The summed E-state index contributed by atoms with van der Waals surface area (Å²) in [5, 5.41) is 20.2. The number of aliphatic hydroxyl groups excluding tert-OH is 1. The van der Waals surface area contributed by atoms with Gasteiger partial charge in [-0.2, -0.15) is 0 Å². The summed E-state index contributed by atoms with van der Waals surface area (Å²) in [5.41, 5.74) is 1.53. The molecule has 1 aliphatic heterocycles. The van der Waals surface area contributed by atoms with E-state index >= 15 is 0 Å². The van der Waals surface area contributed by atoms with Crippen LogP contribution in [0, 0.1) is 23.0 Å². The van der Waals surface area contributed by atoms with Crippen LogP contribution in [0.25, 0.3) is 0 Å². The van der Waals surface area contributed by atoms with Crippen LogP contribution in [0.4, 0.5) is 11.4 Å². The van der Waals surface area contributed by atoms with Crippen LogP contribution < -0.4 is 4.90 Å². The maximum absolute atomic E-state index is 10.8. The Morgan fingerprint density at radius 3 is 2.95 bits per heavy atom. The minimum Gasteiger partial charge on any atom is -0.396 e. The first kappa shape index (κ1) is 14.1. The Bertz CT molecular complexity index is 493. The van der Waals surface area contributed by atoms with Gasteiger partial charge in [-0.3, -0.25) is 10.1 Å². The summed E-state index contributed by atoms with van der Waals surface area (Å²) in [6, 6.07) is 3.20. The molecule has 1 atom stereocenters. The Morgan fingerprint density at radius 2 is 2.32 bits per heavy atom. The van der Waals surface area contributed by atoms with E-state index in [1.807, 2.05) is 0 Å². The first-order chi connectivity index (χ1) is 9.02. The van der Waals surface area contributed by atoms with Crippen molar-refractivity contribution in [1.29, 1.82) is 0 Å². The maximum atomic E-state index is 10.8. The van der Waals surface area contributed by atoms with Crippen LogP contribution in [-0.2, 0) is 0 Å². The molecule has 1 fully saturated rings. The number of aliphatic hydroxyl groups is 1. The van der Waals surface area contributed by atoms with E-state index in [1.54, 1.807) is 13.0 Å². The van der Waals surface area contributed by atoms with Gasteiger partial charge in [0.25, 0.3) is 5.69 Å². The highest BCUT2D eigenvalue weighted by molar-refractivity contribution is 6.33. The van der Waals surface area contributed by atoms with Gasteiger partial charge in [0.15, 0.2) is 0 Å². The molecule has 104 valence electrons. The summed E-state index contributed by atoms with van der Waals surface area (Å²) < 4.78 is 0. The zero-order valence-electron chi connectivity index (χ0n) is 10.8. The molecule has 1 N–H and O–H groups in total. The molecular weight excluding hydrogens is 268 g/mol. The third-order valence-corrected chi connectivity index (χ3v) is 3.93. The number of hydrogen-bond acceptors (Lipinski definition) is 4. The molecule has 6 heteroatoms. The Labute approximate surface area is 116 Å². The summed E-state index contributed by atoms with van der Waals surface area (Å²) in [6.45, 7) is 3.64. The summed E-state index contributed by atoms with van der Waals surface area (Å²) >= 11 is 6.15. The van der Waals surface area contributed by atoms with Gasteiger partial charge in [-0.1, -0.05) is 11.6 Å². The van der Waals surface area contributed by atoms with E-state index < -0.39 is 4.92 Å². The van der Waals surface area contributed by atoms with E-state index in [2.05, 4.69) is 4.90 Å². The van der Waals surface area contributed by atoms with Gasteiger partial charge in [-0.25, -0.2) is 0 Å². The number of nitrogens with zero attached hydrogens (tertiary/aromatic N) is 2. The molecule has 0 radical (unpaired) electrons. The Hall–Kier alpha value is -1.33. The average Bonchev–Trinajstić information content (AvgIpc) is 2.80. The predicted octanol–water partition coefficient (Wildman–Crippen LogP) is 2.77. The lowest BCUT2D eigenvalue weighted by atomic mass is 10.1. The minimum atomic E-state index is -0.413. The molecule has 1 unspecified atom stereocenters. The highest BCUT2D eigenvalue weighted by Crippen LogP contribution is 2.35. The SMILES string of the molecule is Cc1cc(N2CCC(CCO)C2)c(Cl)cc1[N+](=O)[O-]. The number of aryl methyl sites for hydroxylation is 1. The minimum absolute atomic E-state index is 0.0554. The van der Waals surface area contributed by atoms with E-state index in [4.69, 9.17) is 16.7 Å². The van der Waals surface area contributed by atoms with Crippen molar-refractivity contribution in [3.05, 3.63) is 32.8 Å². The molecule has 0 amide bonds. The fourth-order valence-electron chi connectivity index (χ4n) is 2.56. The zero-order chi connectivity index (χ0) is 14.0. The lowest BCUT2D eigenvalue weighted by Crippen LogP contribution is -2.20. The third kappa shape index (κ3) is 2.98. The average molecular weight is 285 g/mol. The van der Waals surface area contributed by atoms with Crippen molar-refractivity contribution in [2.45, 2.75) is 19.8 Å². The number of nitro groups is 1. The van der Waals surface area contributed by atoms with E-state index in [9.17, 15) is 10.1 Å². The Balaban J connectivity index is 2.22. The number of anilines is 1. The van der Waals surface area contributed by atoms with Crippen LogP contribution in [0.1, 0.15) is 18.4 Å². The first-order valence-corrected chi connectivity index (χ1v) is 6.71. The van der Waals surface area contributed by atoms with Gasteiger partial charge < -0.3 is 10.0 Å². The van der Waals surface area contributed by atoms with E-state index in [-0.39, 0.29) is 12.3 Å². The van der Waals surface area contributed by atoms with Gasteiger partial charge in [-0.05, 0) is 31.7 Å². The summed E-state index contributed by atoms with van der Waals surface area (Å²) in [6.07, 6.45) is 1.81. The molecule has 0 saturated carbocycles. The van der Waals surface area contributed by atoms with Crippen molar-refractivity contribution in [1.82, 2.24) is 0 Å². The van der Waals surface area contributed by atoms with Crippen LogP contribution in [0.5, 0.6) is 0 Å². The summed E-state index contributed by atoms with van der Waals surface area (Å²) in [5.74, 6) is 0.469. The topological polar surface area (TPSA) is 66.6 Å².